The molecule has 0 aliphatic heterocycles. The number of nitrogens with zero attached hydrogens (tertiary/aromatic N) is 6. The normalized spacial score (nSPS) is 10.7. The van der Waals surface area contributed by atoms with Crippen molar-refractivity contribution in [1.82, 2.24) is 29.5 Å². The van der Waals surface area contributed by atoms with Crippen molar-refractivity contribution in [2.45, 2.75) is 0 Å². The molecular weight excluding hydrogens is 230 g/mol. The maximum Gasteiger partial charge on any atom is 0.155 e. The van der Waals surface area contributed by atoms with E-state index in [2.05, 4.69) is 20.2 Å². The second kappa shape index (κ2) is 3.95. The molecule has 0 spiro atoms. The minimum absolute atomic E-state index is 0.616. The molecule has 90 valence electrons. The van der Waals surface area contributed by atoms with Crippen molar-refractivity contribution in [3.63, 3.8) is 0 Å². The summed E-state index contributed by atoms with van der Waals surface area (Å²) in [4.78, 5) is 8.18. The molecule has 18 heavy (non-hydrogen) atoms. The molecule has 0 fully saturated rings. The summed E-state index contributed by atoms with van der Waals surface area (Å²) in [5.41, 5.74) is 7.45. The second-order valence-corrected chi connectivity index (χ2v) is 3.82. The van der Waals surface area contributed by atoms with Gasteiger partial charge in [-0.25, -0.2) is 14.6 Å². The van der Waals surface area contributed by atoms with Crippen LogP contribution < -0.4 is 5.73 Å². The standard InChI is InChI=1S/C11H11N7/c1-17-10(12)4-9(16-17)8-2-3-11(14-5-8)18-7-13-6-15-18/h2-7H,12H2,1H3. The third-order valence-electron chi connectivity index (χ3n) is 2.61. The number of hydrogen-bond donors (Lipinski definition) is 1. The molecule has 0 amide bonds. The summed E-state index contributed by atoms with van der Waals surface area (Å²) in [6.07, 6.45) is 4.80. The molecule has 2 N–H and O–H groups in total. The van der Waals surface area contributed by atoms with Crippen LogP contribution in [0.1, 0.15) is 0 Å². The molecule has 0 radical (unpaired) electrons. The number of nitrogens with two attached hydrogens (primary N) is 1. The summed E-state index contributed by atoms with van der Waals surface area (Å²) in [5, 5.41) is 8.30. The van der Waals surface area contributed by atoms with Gasteiger partial charge in [-0.05, 0) is 12.1 Å². The van der Waals surface area contributed by atoms with Gasteiger partial charge < -0.3 is 5.73 Å². The van der Waals surface area contributed by atoms with Gasteiger partial charge in [0.05, 0.1) is 5.69 Å². The van der Waals surface area contributed by atoms with E-state index in [1.54, 1.807) is 28.9 Å². The monoisotopic (exact) mass is 241 g/mol. The van der Waals surface area contributed by atoms with E-state index in [0.717, 1.165) is 11.3 Å². The molecule has 3 rings (SSSR count). The number of aromatic nitrogens is 6. The Bertz CT molecular complexity index is 632. The SMILES string of the molecule is Cn1nc(-c2ccc(-n3cncn3)nc2)cc1N. The van der Waals surface area contributed by atoms with Crippen molar-refractivity contribution in [3.05, 3.63) is 37.1 Å². The van der Waals surface area contributed by atoms with Gasteiger partial charge in [-0.3, -0.25) is 4.68 Å². The van der Waals surface area contributed by atoms with Crippen LogP contribution in [0.2, 0.25) is 0 Å². The number of nitrogen functional groups attached to an aromatic ring is 1. The fraction of sp³-hybridized carbons (Fsp3) is 0.0909. The van der Waals surface area contributed by atoms with Crippen LogP contribution in [0.3, 0.4) is 0 Å². The fourth-order valence-electron chi connectivity index (χ4n) is 1.62. The highest BCUT2D eigenvalue weighted by molar-refractivity contribution is 5.61. The van der Waals surface area contributed by atoms with Crippen molar-refractivity contribution in [2.24, 2.45) is 7.05 Å². The first-order valence-corrected chi connectivity index (χ1v) is 5.35. The Labute approximate surface area is 103 Å². The first-order valence-electron chi connectivity index (χ1n) is 5.35. The Balaban J connectivity index is 1.96. The zero-order valence-electron chi connectivity index (χ0n) is 9.72. The average molecular weight is 241 g/mol. The largest absolute Gasteiger partial charge is 0.384 e. The zero-order valence-corrected chi connectivity index (χ0v) is 9.72. The molecule has 0 aliphatic carbocycles. The quantitative estimate of drug-likeness (QED) is 0.711. The van der Waals surface area contributed by atoms with Gasteiger partial charge in [0, 0.05) is 24.9 Å². The molecule has 7 heteroatoms. The molecular formula is C11H11N7. The maximum absolute atomic E-state index is 5.74. The van der Waals surface area contributed by atoms with E-state index < -0.39 is 0 Å². The Morgan fingerprint density at radius 3 is 2.72 bits per heavy atom. The second-order valence-electron chi connectivity index (χ2n) is 3.82. The molecule has 3 heterocycles. The van der Waals surface area contributed by atoms with Gasteiger partial charge in [0.25, 0.3) is 0 Å². The van der Waals surface area contributed by atoms with E-state index in [9.17, 15) is 0 Å². The topological polar surface area (TPSA) is 87.4 Å². The van der Waals surface area contributed by atoms with Gasteiger partial charge in [-0.15, -0.1) is 0 Å². The highest BCUT2D eigenvalue weighted by atomic mass is 15.3. The first kappa shape index (κ1) is 10.5. The summed E-state index contributed by atoms with van der Waals surface area (Å²) in [6.45, 7) is 0. The summed E-state index contributed by atoms with van der Waals surface area (Å²) >= 11 is 0. The smallest absolute Gasteiger partial charge is 0.155 e. The fourth-order valence-corrected chi connectivity index (χ4v) is 1.62. The van der Waals surface area contributed by atoms with Gasteiger partial charge in [-0.1, -0.05) is 0 Å². The predicted molar refractivity (Wildman–Crippen MR) is 65.8 cm³/mol. The number of anilines is 1. The van der Waals surface area contributed by atoms with Crippen LogP contribution in [0.15, 0.2) is 37.1 Å². The minimum Gasteiger partial charge on any atom is -0.384 e. The van der Waals surface area contributed by atoms with Gasteiger partial charge in [0.1, 0.15) is 18.5 Å². The van der Waals surface area contributed by atoms with Crippen LogP contribution in [-0.2, 0) is 7.05 Å². The zero-order chi connectivity index (χ0) is 12.5. The Morgan fingerprint density at radius 2 is 2.17 bits per heavy atom. The van der Waals surface area contributed by atoms with Gasteiger partial charge in [0.2, 0.25) is 0 Å². The van der Waals surface area contributed by atoms with Crippen LogP contribution in [0.25, 0.3) is 17.1 Å². The molecule has 3 aromatic rings. The third kappa shape index (κ3) is 1.71. The first-order chi connectivity index (χ1) is 8.74. The summed E-state index contributed by atoms with van der Waals surface area (Å²) < 4.78 is 3.22. The highest BCUT2D eigenvalue weighted by Gasteiger charge is 2.06. The molecule has 3 aromatic heterocycles. The average Bonchev–Trinajstić information content (AvgIpc) is 3.01. The van der Waals surface area contributed by atoms with Gasteiger partial charge in [0.15, 0.2) is 5.82 Å². The molecule has 0 atom stereocenters. The van der Waals surface area contributed by atoms with Crippen LogP contribution in [0.5, 0.6) is 0 Å². The van der Waals surface area contributed by atoms with Crippen LogP contribution >= 0.6 is 0 Å². The molecule has 0 saturated heterocycles. The summed E-state index contributed by atoms with van der Waals surface area (Å²) in [5.74, 6) is 1.32. The number of pyridine rings is 1. The van der Waals surface area contributed by atoms with Crippen molar-refractivity contribution in [3.8, 4) is 17.1 Å². The molecule has 0 aromatic carbocycles. The van der Waals surface area contributed by atoms with Gasteiger partial charge in [-0.2, -0.15) is 10.2 Å². The van der Waals surface area contributed by atoms with E-state index in [1.165, 1.54) is 6.33 Å². The van der Waals surface area contributed by atoms with Crippen LogP contribution in [0.4, 0.5) is 5.82 Å². The number of hydrogen-bond acceptors (Lipinski definition) is 5. The van der Waals surface area contributed by atoms with E-state index in [1.807, 2.05) is 18.2 Å². The number of rotatable bonds is 2. The van der Waals surface area contributed by atoms with Crippen LogP contribution in [-0.4, -0.2) is 29.5 Å². The lowest BCUT2D eigenvalue weighted by Gasteiger charge is -2.00. The van der Waals surface area contributed by atoms with Gasteiger partial charge >= 0.3 is 0 Å². The number of aryl methyl sites for hydroxylation is 1. The lowest BCUT2D eigenvalue weighted by Crippen LogP contribution is -1.98. The Hall–Kier alpha value is -2.70. The highest BCUT2D eigenvalue weighted by Crippen LogP contribution is 2.19. The molecule has 0 unspecified atom stereocenters. The minimum atomic E-state index is 0.616. The Morgan fingerprint density at radius 1 is 1.28 bits per heavy atom. The van der Waals surface area contributed by atoms with Crippen molar-refractivity contribution >= 4 is 5.82 Å². The summed E-state index contributed by atoms with van der Waals surface area (Å²) in [7, 11) is 1.80. The van der Waals surface area contributed by atoms with E-state index >= 15 is 0 Å². The predicted octanol–water partition coefficient (Wildman–Crippen LogP) is 0.645. The summed E-state index contributed by atoms with van der Waals surface area (Å²) in [6, 6.07) is 5.59. The van der Waals surface area contributed by atoms with Crippen molar-refractivity contribution in [1.29, 1.82) is 0 Å². The third-order valence-corrected chi connectivity index (χ3v) is 2.61. The van der Waals surface area contributed by atoms with E-state index in [4.69, 9.17) is 5.73 Å². The molecule has 0 aliphatic rings. The lowest BCUT2D eigenvalue weighted by atomic mass is 10.2. The molecule has 7 nitrogen and oxygen atoms in total. The molecule has 0 bridgehead atoms. The van der Waals surface area contributed by atoms with Crippen LogP contribution in [0, 0.1) is 0 Å². The maximum atomic E-state index is 5.74. The van der Waals surface area contributed by atoms with Crippen molar-refractivity contribution < 1.29 is 0 Å². The van der Waals surface area contributed by atoms with E-state index in [-0.39, 0.29) is 0 Å². The van der Waals surface area contributed by atoms with E-state index in [0.29, 0.717) is 11.6 Å². The lowest BCUT2D eigenvalue weighted by molar-refractivity contribution is 0.782. The molecule has 0 saturated carbocycles. The van der Waals surface area contributed by atoms with Crippen molar-refractivity contribution in [2.75, 3.05) is 5.73 Å². The Kier molecular flexibility index (Phi) is 2.30.